The van der Waals surface area contributed by atoms with Crippen LogP contribution in [-0.2, 0) is 9.53 Å². The van der Waals surface area contributed by atoms with Gasteiger partial charge in [-0.25, -0.2) is 0 Å². The normalized spacial score (nSPS) is 12.0. The molecule has 118 valence electrons. The highest BCUT2D eigenvalue weighted by molar-refractivity contribution is 6.29. The van der Waals surface area contributed by atoms with Crippen LogP contribution in [0.15, 0.2) is 18.2 Å². The molecule has 0 aliphatic carbocycles. The first-order valence-electron chi connectivity index (χ1n) is 7.12. The number of carbonyl (C=O) groups excluding carboxylic acids is 1. The van der Waals surface area contributed by atoms with Crippen molar-refractivity contribution in [1.82, 2.24) is 0 Å². The van der Waals surface area contributed by atoms with Crippen molar-refractivity contribution in [2.75, 3.05) is 31.2 Å². The van der Waals surface area contributed by atoms with Crippen LogP contribution in [0.5, 0.6) is 5.75 Å². The highest BCUT2D eigenvalue weighted by atomic mass is 35.5. The van der Waals surface area contributed by atoms with Crippen LogP contribution in [0.4, 0.5) is 5.69 Å². The zero-order chi connectivity index (χ0) is 15.8. The Labute approximate surface area is 132 Å². The molecule has 0 fully saturated rings. The van der Waals surface area contributed by atoms with Crippen molar-refractivity contribution in [3.8, 4) is 5.75 Å². The molecule has 1 amide bonds. The van der Waals surface area contributed by atoms with E-state index < -0.39 is 0 Å². The van der Waals surface area contributed by atoms with Crippen LogP contribution in [-0.4, -0.2) is 32.2 Å². The molecule has 4 nitrogen and oxygen atoms in total. The summed E-state index contributed by atoms with van der Waals surface area (Å²) in [7, 11) is 1.58. The standard InChI is InChI=1S/C16H24ClNO3/c1-5-12(2)10-21-11-18(15(19)9-17)16-13(3)7-6-8-14(16)20-4/h6-8,12H,5,9-11H2,1-4H3. The first-order chi connectivity index (χ1) is 10.0. The van der Waals surface area contributed by atoms with Gasteiger partial charge in [0.1, 0.15) is 18.4 Å². The first kappa shape index (κ1) is 17.8. The van der Waals surface area contributed by atoms with E-state index in [4.69, 9.17) is 21.1 Å². The molecular formula is C16H24ClNO3. The van der Waals surface area contributed by atoms with E-state index in [1.54, 1.807) is 12.0 Å². The monoisotopic (exact) mass is 313 g/mol. The van der Waals surface area contributed by atoms with Crippen molar-refractivity contribution in [2.24, 2.45) is 5.92 Å². The fourth-order valence-corrected chi connectivity index (χ4v) is 2.08. The molecule has 1 aromatic rings. The molecule has 1 atom stereocenters. The minimum Gasteiger partial charge on any atom is -0.495 e. The Morgan fingerprint density at radius 2 is 2.14 bits per heavy atom. The second-order valence-corrected chi connectivity index (χ2v) is 5.36. The smallest absolute Gasteiger partial charge is 0.243 e. The number of hydrogen-bond acceptors (Lipinski definition) is 3. The third kappa shape index (κ3) is 4.90. The second-order valence-electron chi connectivity index (χ2n) is 5.09. The van der Waals surface area contributed by atoms with E-state index >= 15 is 0 Å². The predicted molar refractivity (Wildman–Crippen MR) is 86.2 cm³/mol. The van der Waals surface area contributed by atoms with Gasteiger partial charge in [0.25, 0.3) is 0 Å². The van der Waals surface area contributed by atoms with Gasteiger partial charge in [-0.15, -0.1) is 11.6 Å². The molecule has 5 heteroatoms. The topological polar surface area (TPSA) is 38.8 Å². The van der Waals surface area contributed by atoms with Crippen LogP contribution in [0.2, 0.25) is 0 Å². The number of rotatable bonds is 8. The number of benzene rings is 1. The Kier molecular flexibility index (Phi) is 7.54. The highest BCUT2D eigenvalue weighted by Gasteiger charge is 2.21. The SMILES string of the molecule is CCC(C)COCN(C(=O)CCl)c1c(C)cccc1OC. The molecule has 0 bridgehead atoms. The summed E-state index contributed by atoms with van der Waals surface area (Å²) in [6, 6.07) is 5.65. The summed E-state index contributed by atoms with van der Waals surface area (Å²) in [6.45, 7) is 6.94. The van der Waals surface area contributed by atoms with Gasteiger partial charge in [-0.2, -0.15) is 0 Å². The lowest BCUT2D eigenvalue weighted by atomic mass is 10.1. The number of amides is 1. The maximum Gasteiger partial charge on any atom is 0.243 e. The van der Waals surface area contributed by atoms with Crippen molar-refractivity contribution < 1.29 is 14.3 Å². The predicted octanol–water partition coefficient (Wildman–Crippen LogP) is 3.60. The summed E-state index contributed by atoms with van der Waals surface area (Å²) >= 11 is 5.73. The molecule has 1 unspecified atom stereocenters. The van der Waals surface area contributed by atoms with Crippen LogP contribution < -0.4 is 9.64 Å². The summed E-state index contributed by atoms with van der Waals surface area (Å²) < 4.78 is 11.0. The number of aryl methyl sites for hydroxylation is 1. The molecule has 0 heterocycles. The molecule has 0 saturated heterocycles. The van der Waals surface area contributed by atoms with E-state index in [0.29, 0.717) is 18.3 Å². The summed E-state index contributed by atoms with van der Waals surface area (Å²) in [5.41, 5.74) is 1.66. The van der Waals surface area contributed by atoms with Gasteiger partial charge in [0.2, 0.25) is 5.91 Å². The number of para-hydroxylation sites is 1. The second kappa shape index (κ2) is 8.90. The van der Waals surface area contributed by atoms with Crippen molar-refractivity contribution in [2.45, 2.75) is 27.2 Å². The highest BCUT2D eigenvalue weighted by Crippen LogP contribution is 2.32. The van der Waals surface area contributed by atoms with Gasteiger partial charge in [-0.3, -0.25) is 9.69 Å². The number of halogens is 1. The zero-order valence-electron chi connectivity index (χ0n) is 13.2. The average molecular weight is 314 g/mol. The summed E-state index contributed by atoms with van der Waals surface area (Å²) in [4.78, 5) is 13.7. The van der Waals surface area contributed by atoms with E-state index in [1.807, 2.05) is 25.1 Å². The molecule has 0 N–H and O–H groups in total. The van der Waals surface area contributed by atoms with Crippen molar-refractivity contribution >= 4 is 23.2 Å². The molecular weight excluding hydrogens is 290 g/mol. The largest absolute Gasteiger partial charge is 0.495 e. The first-order valence-corrected chi connectivity index (χ1v) is 7.66. The number of ether oxygens (including phenoxy) is 2. The summed E-state index contributed by atoms with van der Waals surface area (Å²) in [6.07, 6.45) is 1.04. The van der Waals surface area contributed by atoms with Crippen LogP contribution in [0, 0.1) is 12.8 Å². The third-order valence-electron chi connectivity index (χ3n) is 3.43. The molecule has 1 aromatic carbocycles. The van der Waals surface area contributed by atoms with E-state index in [1.165, 1.54) is 0 Å². The van der Waals surface area contributed by atoms with Crippen LogP contribution in [0.1, 0.15) is 25.8 Å². The third-order valence-corrected chi connectivity index (χ3v) is 3.65. The van der Waals surface area contributed by atoms with E-state index in [-0.39, 0.29) is 18.5 Å². The molecule has 0 radical (unpaired) electrons. The Hall–Kier alpha value is -1.26. The maximum atomic E-state index is 12.1. The van der Waals surface area contributed by atoms with Crippen molar-refractivity contribution in [3.05, 3.63) is 23.8 Å². The minimum atomic E-state index is -0.201. The lowest BCUT2D eigenvalue weighted by Gasteiger charge is -2.26. The number of alkyl halides is 1. The molecule has 0 spiro atoms. The average Bonchev–Trinajstić information content (AvgIpc) is 2.50. The Balaban J connectivity index is 2.95. The molecule has 21 heavy (non-hydrogen) atoms. The van der Waals surface area contributed by atoms with E-state index in [2.05, 4.69) is 13.8 Å². The van der Waals surface area contributed by atoms with Gasteiger partial charge in [0.05, 0.1) is 19.4 Å². The van der Waals surface area contributed by atoms with E-state index in [9.17, 15) is 4.79 Å². The van der Waals surface area contributed by atoms with Crippen LogP contribution in [0.25, 0.3) is 0 Å². The zero-order valence-corrected chi connectivity index (χ0v) is 13.9. The van der Waals surface area contributed by atoms with Gasteiger partial charge in [0.15, 0.2) is 0 Å². The van der Waals surface area contributed by atoms with Crippen molar-refractivity contribution in [3.63, 3.8) is 0 Å². The number of hydrogen-bond donors (Lipinski definition) is 0. The summed E-state index contributed by atoms with van der Waals surface area (Å²) in [5.74, 6) is 0.801. The molecule has 0 aliphatic rings. The van der Waals surface area contributed by atoms with E-state index in [0.717, 1.165) is 17.7 Å². The molecule has 1 rings (SSSR count). The number of carbonyl (C=O) groups is 1. The Morgan fingerprint density at radius 1 is 1.43 bits per heavy atom. The number of nitrogens with zero attached hydrogens (tertiary/aromatic N) is 1. The molecule has 0 aliphatic heterocycles. The quantitative estimate of drug-likeness (QED) is 0.544. The Morgan fingerprint density at radius 3 is 2.71 bits per heavy atom. The fraction of sp³-hybridized carbons (Fsp3) is 0.562. The van der Waals surface area contributed by atoms with Crippen LogP contribution >= 0.6 is 11.6 Å². The van der Waals surface area contributed by atoms with Gasteiger partial charge in [-0.1, -0.05) is 32.4 Å². The minimum absolute atomic E-state index is 0.0931. The van der Waals surface area contributed by atoms with Gasteiger partial charge >= 0.3 is 0 Å². The van der Waals surface area contributed by atoms with Gasteiger partial charge in [-0.05, 0) is 24.5 Å². The van der Waals surface area contributed by atoms with Crippen molar-refractivity contribution in [1.29, 1.82) is 0 Å². The molecule has 0 aromatic heterocycles. The molecule has 0 saturated carbocycles. The lowest BCUT2D eigenvalue weighted by Crippen LogP contribution is -2.35. The fourth-order valence-electron chi connectivity index (χ4n) is 1.94. The lowest BCUT2D eigenvalue weighted by molar-refractivity contribution is -0.117. The summed E-state index contributed by atoms with van der Waals surface area (Å²) in [5, 5.41) is 0. The Bertz CT molecular complexity index is 465. The maximum absolute atomic E-state index is 12.1. The number of methoxy groups -OCH3 is 1. The van der Waals surface area contributed by atoms with Gasteiger partial charge in [0, 0.05) is 0 Å². The van der Waals surface area contributed by atoms with Crippen LogP contribution in [0.3, 0.4) is 0 Å². The van der Waals surface area contributed by atoms with Gasteiger partial charge < -0.3 is 9.47 Å². The number of anilines is 1.